The number of rotatable bonds is 0. The highest BCUT2D eigenvalue weighted by molar-refractivity contribution is 8.08. The average molecular weight is 222 g/mol. The first-order chi connectivity index (χ1) is 7.29. The van der Waals surface area contributed by atoms with E-state index in [4.69, 9.17) is 0 Å². The zero-order valence-electron chi connectivity index (χ0n) is 10.6. The Bertz CT molecular complexity index is 313. The summed E-state index contributed by atoms with van der Waals surface area (Å²) in [7, 11) is 0. The van der Waals surface area contributed by atoms with E-state index in [1.807, 2.05) is 39.5 Å². The van der Waals surface area contributed by atoms with E-state index >= 15 is 0 Å². The molecule has 0 spiro atoms. The normalized spacial score (nSPS) is 11.9. The van der Waals surface area contributed by atoms with Crippen molar-refractivity contribution in [3.8, 4) is 0 Å². The summed E-state index contributed by atoms with van der Waals surface area (Å²) in [4.78, 5) is 1.23. The molecule has 0 bridgehead atoms. The highest BCUT2D eigenvalue weighted by Crippen LogP contribution is 2.40. The maximum Gasteiger partial charge on any atom is 0.0240 e. The molecule has 0 radical (unpaired) electrons. The van der Waals surface area contributed by atoms with Crippen LogP contribution in [-0.4, -0.2) is 0 Å². The third-order valence-corrected chi connectivity index (χ3v) is 3.10. The van der Waals surface area contributed by atoms with Gasteiger partial charge < -0.3 is 0 Å². The molecule has 0 atom stereocenters. The Morgan fingerprint density at radius 2 is 1.73 bits per heavy atom. The van der Waals surface area contributed by atoms with Crippen molar-refractivity contribution in [2.24, 2.45) is 0 Å². The molecule has 0 nitrogen and oxygen atoms in total. The monoisotopic (exact) mass is 222 g/mol. The standard InChI is InChI=1S/C10H10S.2C2H6/c1-7-4-3-5-9-8(2)11-6-10(7)9;2*1-2/h3-5H,2,6H2,1H3;2*1-2H3. The van der Waals surface area contributed by atoms with Crippen LogP contribution in [0, 0.1) is 6.92 Å². The average Bonchev–Trinajstić information content (AvgIpc) is 2.68. The number of thioether (sulfide) groups is 1. The summed E-state index contributed by atoms with van der Waals surface area (Å²) in [5.74, 6) is 1.11. The lowest BCUT2D eigenvalue weighted by molar-refractivity contribution is 1.31. The summed E-state index contributed by atoms with van der Waals surface area (Å²) < 4.78 is 0. The van der Waals surface area contributed by atoms with Gasteiger partial charge in [-0.2, -0.15) is 0 Å². The van der Waals surface area contributed by atoms with Crippen LogP contribution in [0.1, 0.15) is 44.4 Å². The maximum absolute atomic E-state index is 4.00. The van der Waals surface area contributed by atoms with Crippen LogP contribution in [0.15, 0.2) is 24.8 Å². The first kappa shape index (κ1) is 14.3. The molecule has 0 aliphatic carbocycles. The fourth-order valence-electron chi connectivity index (χ4n) is 1.39. The Hall–Kier alpha value is -0.690. The number of hydrogen-bond acceptors (Lipinski definition) is 1. The molecule has 0 N–H and O–H groups in total. The van der Waals surface area contributed by atoms with Gasteiger partial charge in [-0.15, -0.1) is 11.8 Å². The summed E-state index contributed by atoms with van der Waals surface area (Å²) >= 11 is 1.85. The van der Waals surface area contributed by atoms with Gasteiger partial charge in [-0.3, -0.25) is 0 Å². The smallest absolute Gasteiger partial charge is 0.0240 e. The minimum Gasteiger partial charge on any atom is -0.121 e. The molecule has 1 aromatic rings. The molecule has 0 saturated carbocycles. The highest BCUT2D eigenvalue weighted by atomic mass is 32.2. The Morgan fingerprint density at radius 3 is 2.27 bits per heavy atom. The maximum atomic E-state index is 4.00. The second kappa shape index (κ2) is 7.58. The van der Waals surface area contributed by atoms with Gasteiger partial charge in [0.1, 0.15) is 0 Å². The van der Waals surface area contributed by atoms with Gasteiger partial charge in [0.15, 0.2) is 0 Å². The fraction of sp³-hybridized carbons (Fsp3) is 0.429. The summed E-state index contributed by atoms with van der Waals surface area (Å²) in [6.07, 6.45) is 0. The molecule has 0 saturated heterocycles. The zero-order valence-corrected chi connectivity index (χ0v) is 11.4. The minimum atomic E-state index is 1.11. The fourth-order valence-corrected chi connectivity index (χ4v) is 2.44. The van der Waals surface area contributed by atoms with Crippen LogP contribution in [0.3, 0.4) is 0 Å². The Kier molecular flexibility index (Phi) is 7.23. The van der Waals surface area contributed by atoms with E-state index in [9.17, 15) is 0 Å². The summed E-state index contributed by atoms with van der Waals surface area (Å²) in [5, 5.41) is 0. The molecule has 1 heterocycles. The van der Waals surface area contributed by atoms with Crippen molar-refractivity contribution in [3.63, 3.8) is 0 Å². The predicted molar refractivity (Wildman–Crippen MR) is 74.2 cm³/mol. The zero-order chi connectivity index (χ0) is 11.8. The van der Waals surface area contributed by atoms with E-state index in [0.29, 0.717) is 0 Å². The summed E-state index contributed by atoms with van der Waals surface area (Å²) in [6, 6.07) is 6.42. The molecule has 84 valence electrons. The van der Waals surface area contributed by atoms with Crippen molar-refractivity contribution in [3.05, 3.63) is 41.5 Å². The second-order valence-electron chi connectivity index (χ2n) is 2.81. The quantitative estimate of drug-likeness (QED) is 0.576. The van der Waals surface area contributed by atoms with Crippen LogP contribution in [0.25, 0.3) is 4.91 Å². The van der Waals surface area contributed by atoms with Crippen LogP contribution in [0.4, 0.5) is 0 Å². The summed E-state index contributed by atoms with van der Waals surface area (Å²) in [5.41, 5.74) is 4.23. The molecule has 1 aliphatic rings. The largest absolute Gasteiger partial charge is 0.121 e. The van der Waals surface area contributed by atoms with E-state index in [-0.39, 0.29) is 0 Å². The Labute approximate surface area is 98.8 Å². The van der Waals surface area contributed by atoms with E-state index in [0.717, 1.165) is 5.75 Å². The van der Waals surface area contributed by atoms with Crippen LogP contribution in [0.5, 0.6) is 0 Å². The molecule has 2 rings (SSSR count). The lowest BCUT2D eigenvalue weighted by Crippen LogP contribution is -1.84. The molecule has 0 fully saturated rings. The van der Waals surface area contributed by atoms with Crippen molar-refractivity contribution < 1.29 is 0 Å². The third kappa shape index (κ3) is 3.42. The van der Waals surface area contributed by atoms with E-state index < -0.39 is 0 Å². The van der Waals surface area contributed by atoms with Gasteiger partial charge in [-0.05, 0) is 23.6 Å². The van der Waals surface area contributed by atoms with Crippen LogP contribution in [0.2, 0.25) is 0 Å². The predicted octanol–water partition coefficient (Wildman–Crippen LogP) is 5.26. The molecular weight excluding hydrogens is 200 g/mol. The van der Waals surface area contributed by atoms with E-state index in [2.05, 4.69) is 31.7 Å². The lowest BCUT2D eigenvalue weighted by atomic mass is 10.0. The molecular formula is C14H22S. The van der Waals surface area contributed by atoms with E-state index in [1.165, 1.54) is 21.6 Å². The van der Waals surface area contributed by atoms with Gasteiger partial charge in [-0.25, -0.2) is 0 Å². The molecule has 1 aliphatic heterocycles. The highest BCUT2D eigenvalue weighted by Gasteiger charge is 2.15. The lowest BCUT2D eigenvalue weighted by Gasteiger charge is -2.00. The number of hydrogen-bond donors (Lipinski definition) is 0. The topological polar surface area (TPSA) is 0 Å². The third-order valence-electron chi connectivity index (χ3n) is 2.10. The SMILES string of the molecule is C=C1SCc2c(C)cccc21.CC.CC. The van der Waals surface area contributed by atoms with Gasteiger partial charge in [0.2, 0.25) is 0 Å². The van der Waals surface area contributed by atoms with Crippen molar-refractivity contribution in [1.29, 1.82) is 0 Å². The second-order valence-corrected chi connectivity index (χ2v) is 3.88. The number of benzene rings is 1. The molecule has 0 amide bonds. The van der Waals surface area contributed by atoms with Crippen molar-refractivity contribution in [2.45, 2.75) is 40.4 Å². The van der Waals surface area contributed by atoms with Crippen LogP contribution >= 0.6 is 11.8 Å². The number of aryl methyl sites for hydroxylation is 1. The first-order valence-electron chi connectivity index (χ1n) is 5.69. The van der Waals surface area contributed by atoms with Gasteiger partial charge in [0.25, 0.3) is 0 Å². The van der Waals surface area contributed by atoms with Gasteiger partial charge in [-0.1, -0.05) is 52.5 Å². The molecule has 0 aromatic heterocycles. The van der Waals surface area contributed by atoms with Gasteiger partial charge in [0.05, 0.1) is 0 Å². The number of fused-ring (bicyclic) bond motifs is 1. The van der Waals surface area contributed by atoms with Crippen molar-refractivity contribution in [2.75, 3.05) is 0 Å². The van der Waals surface area contributed by atoms with Crippen molar-refractivity contribution in [1.82, 2.24) is 0 Å². The van der Waals surface area contributed by atoms with Gasteiger partial charge >= 0.3 is 0 Å². The molecule has 1 aromatic carbocycles. The molecule has 1 heteroatoms. The van der Waals surface area contributed by atoms with Gasteiger partial charge in [0, 0.05) is 10.7 Å². The van der Waals surface area contributed by atoms with Crippen LogP contribution in [-0.2, 0) is 5.75 Å². The first-order valence-corrected chi connectivity index (χ1v) is 6.68. The minimum absolute atomic E-state index is 1.11. The molecule has 0 unspecified atom stereocenters. The van der Waals surface area contributed by atoms with E-state index in [1.54, 1.807) is 0 Å². The van der Waals surface area contributed by atoms with Crippen molar-refractivity contribution >= 4 is 16.7 Å². The summed E-state index contributed by atoms with van der Waals surface area (Å²) in [6.45, 7) is 14.2. The van der Waals surface area contributed by atoms with Crippen LogP contribution < -0.4 is 0 Å². The Morgan fingerprint density at radius 1 is 1.13 bits per heavy atom. The molecule has 15 heavy (non-hydrogen) atoms. The Balaban J connectivity index is 0.000000442.